The lowest BCUT2D eigenvalue weighted by Crippen LogP contribution is -2.42. The highest BCUT2D eigenvalue weighted by atomic mass is 32.2. The van der Waals surface area contributed by atoms with E-state index in [9.17, 15) is 25.3 Å². The van der Waals surface area contributed by atoms with Gasteiger partial charge < -0.3 is 0 Å². The molecule has 264 valence electrons. The number of benzene rings is 3. The molecule has 4 rings (SSSR count). The number of nitrogens with zero attached hydrogens (tertiary/aromatic N) is 3. The minimum Gasteiger partial charge on any atom is -0.299 e. The van der Waals surface area contributed by atoms with E-state index in [2.05, 4.69) is 28.9 Å². The third kappa shape index (κ3) is 11.7. The smallest absolute Gasteiger partial charge is 0.240 e. The third-order valence-electron chi connectivity index (χ3n) is 8.35. The van der Waals surface area contributed by atoms with E-state index in [1.165, 1.54) is 0 Å². The largest absolute Gasteiger partial charge is 0.299 e. The van der Waals surface area contributed by atoms with Crippen molar-refractivity contribution in [1.82, 2.24) is 28.9 Å². The van der Waals surface area contributed by atoms with E-state index in [1.54, 1.807) is 72.8 Å². The second-order valence-corrected chi connectivity index (χ2v) is 17.5. The Morgan fingerprint density at radius 3 is 0.833 bits per heavy atom. The van der Waals surface area contributed by atoms with Crippen molar-refractivity contribution >= 4 is 30.1 Å². The minimum absolute atomic E-state index is 0.219. The Balaban J connectivity index is 1.37. The highest BCUT2D eigenvalue weighted by Crippen LogP contribution is 2.12. The molecule has 0 unspecified atom stereocenters. The molecular weight excluding hydrogens is 673 g/mol. The Kier molecular flexibility index (Phi) is 13.7. The van der Waals surface area contributed by atoms with Crippen LogP contribution in [0, 0.1) is 20.8 Å². The molecule has 0 atom stereocenters. The monoisotopic (exact) mass is 720 g/mol. The van der Waals surface area contributed by atoms with Gasteiger partial charge in [-0.1, -0.05) is 53.1 Å². The molecule has 0 aliphatic carbocycles. The molecule has 1 heterocycles. The van der Waals surface area contributed by atoms with Gasteiger partial charge in [0.25, 0.3) is 0 Å². The number of nitrogens with one attached hydrogen (secondary N) is 3. The summed E-state index contributed by atoms with van der Waals surface area (Å²) in [5.74, 6) is 0. The van der Waals surface area contributed by atoms with Crippen LogP contribution in [0.3, 0.4) is 0 Å². The van der Waals surface area contributed by atoms with Crippen LogP contribution < -0.4 is 14.2 Å². The Labute approximate surface area is 286 Å². The van der Waals surface area contributed by atoms with Gasteiger partial charge in [0.05, 0.1) is 14.7 Å². The zero-order valence-electron chi connectivity index (χ0n) is 27.9. The summed E-state index contributed by atoms with van der Waals surface area (Å²) in [5, 5.41) is 0. The maximum Gasteiger partial charge on any atom is 0.240 e. The predicted octanol–water partition coefficient (Wildman–Crippen LogP) is 1.77. The average molecular weight is 721 g/mol. The van der Waals surface area contributed by atoms with Crippen molar-refractivity contribution in [3.8, 4) is 0 Å². The van der Waals surface area contributed by atoms with Gasteiger partial charge in [-0.3, -0.25) is 14.7 Å². The highest BCUT2D eigenvalue weighted by Gasteiger charge is 2.20. The maximum absolute atomic E-state index is 12.8. The number of rotatable bonds is 15. The molecule has 1 saturated heterocycles. The molecule has 0 saturated carbocycles. The Morgan fingerprint density at radius 1 is 0.417 bits per heavy atom. The van der Waals surface area contributed by atoms with Gasteiger partial charge in [-0.25, -0.2) is 39.4 Å². The molecular formula is C33H48N6O6S3. The van der Waals surface area contributed by atoms with E-state index in [4.69, 9.17) is 0 Å². The molecule has 3 aromatic rings. The number of sulfonamides is 3. The highest BCUT2D eigenvalue weighted by molar-refractivity contribution is 7.90. The lowest BCUT2D eigenvalue weighted by Gasteiger charge is -2.26. The molecule has 48 heavy (non-hydrogen) atoms. The summed E-state index contributed by atoms with van der Waals surface area (Å²) in [7, 11) is -11.0. The van der Waals surface area contributed by atoms with Crippen LogP contribution in [-0.2, 0) is 30.1 Å². The van der Waals surface area contributed by atoms with Crippen molar-refractivity contribution in [2.45, 2.75) is 35.5 Å². The van der Waals surface area contributed by atoms with Crippen molar-refractivity contribution in [2.75, 3.05) is 78.5 Å². The fraction of sp³-hybridized carbons (Fsp3) is 0.455. The zero-order chi connectivity index (χ0) is 34.8. The van der Waals surface area contributed by atoms with Gasteiger partial charge in [0.1, 0.15) is 0 Å². The van der Waals surface area contributed by atoms with E-state index < -0.39 is 30.1 Å². The molecule has 0 radical (unpaired) electrons. The molecule has 0 aromatic heterocycles. The van der Waals surface area contributed by atoms with Crippen molar-refractivity contribution in [2.24, 2.45) is 0 Å². The first-order valence-corrected chi connectivity index (χ1v) is 20.5. The average Bonchev–Trinajstić information content (AvgIpc) is 3.12. The summed E-state index contributed by atoms with van der Waals surface area (Å²) < 4.78 is 85.2. The van der Waals surface area contributed by atoms with E-state index in [-0.39, 0.29) is 34.3 Å². The second-order valence-electron chi connectivity index (χ2n) is 12.2. The second kappa shape index (κ2) is 17.3. The van der Waals surface area contributed by atoms with Gasteiger partial charge in [0, 0.05) is 78.5 Å². The summed E-state index contributed by atoms with van der Waals surface area (Å²) in [6.07, 6.45) is 0. The van der Waals surface area contributed by atoms with Crippen LogP contribution in [0.15, 0.2) is 87.5 Å². The molecule has 1 aliphatic heterocycles. The first-order chi connectivity index (χ1) is 22.7. The van der Waals surface area contributed by atoms with Crippen LogP contribution in [0.25, 0.3) is 0 Å². The van der Waals surface area contributed by atoms with Crippen LogP contribution in [0.5, 0.6) is 0 Å². The lowest BCUT2D eigenvalue weighted by atomic mass is 10.2. The third-order valence-corrected chi connectivity index (χ3v) is 12.8. The Bertz CT molecular complexity index is 1560. The van der Waals surface area contributed by atoms with Gasteiger partial charge in [0.2, 0.25) is 30.1 Å². The predicted molar refractivity (Wildman–Crippen MR) is 188 cm³/mol. The maximum atomic E-state index is 12.8. The molecule has 3 N–H and O–H groups in total. The van der Waals surface area contributed by atoms with E-state index in [0.717, 1.165) is 16.7 Å². The SMILES string of the molecule is Cc1ccc(S(=O)(=O)NCCN2CCN(CCNS(=O)(=O)c3ccc(C)cc3)CCN(CCNS(=O)(=O)c3ccc(C)cc3)CC2)cc1. The Hall–Kier alpha value is -2.73. The number of hydrogen-bond donors (Lipinski definition) is 3. The van der Waals surface area contributed by atoms with Crippen molar-refractivity contribution in [1.29, 1.82) is 0 Å². The standard InChI is InChI=1S/C33H48N6O6S3/c1-28-4-10-31(11-5-28)46(40,41)34-16-19-37-22-24-38(20-17-35-47(42,43)32-12-6-29(2)7-13-32)26-27-39(25-23-37)21-18-36-48(44,45)33-14-8-30(3)9-15-33/h4-15,34-36H,16-27H2,1-3H3. The summed E-state index contributed by atoms with van der Waals surface area (Å²) in [6, 6.07) is 20.1. The van der Waals surface area contributed by atoms with Gasteiger partial charge >= 0.3 is 0 Å². The van der Waals surface area contributed by atoms with E-state index >= 15 is 0 Å². The van der Waals surface area contributed by atoms with E-state index in [0.29, 0.717) is 58.9 Å². The molecule has 1 aliphatic rings. The van der Waals surface area contributed by atoms with Crippen LogP contribution in [0.4, 0.5) is 0 Å². The first kappa shape index (κ1) is 38.1. The fourth-order valence-electron chi connectivity index (χ4n) is 5.27. The zero-order valence-corrected chi connectivity index (χ0v) is 30.4. The fourth-order valence-corrected chi connectivity index (χ4v) is 8.33. The molecule has 3 aromatic carbocycles. The molecule has 15 heteroatoms. The minimum atomic E-state index is -3.65. The van der Waals surface area contributed by atoms with Gasteiger partial charge in [0.15, 0.2) is 0 Å². The van der Waals surface area contributed by atoms with Gasteiger partial charge in [-0.15, -0.1) is 0 Å². The lowest BCUT2D eigenvalue weighted by molar-refractivity contribution is 0.223. The number of hydrogen-bond acceptors (Lipinski definition) is 9. The Morgan fingerprint density at radius 2 is 0.625 bits per heavy atom. The van der Waals surface area contributed by atoms with Crippen molar-refractivity contribution in [3.05, 3.63) is 89.5 Å². The molecule has 1 fully saturated rings. The summed E-state index contributed by atoms with van der Waals surface area (Å²) in [5.41, 5.74) is 2.93. The summed E-state index contributed by atoms with van der Waals surface area (Å²) in [6.45, 7) is 11.8. The molecule has 12 nitrogen and oxygen atoms in total. The van der Waals surface area contributed by atoms with Gasteiger partial charge in [-0.05, 0) is 57.2 Å². The summed E-state index contributed by atoms with van der Waals surface area (Å²) >= 11 is 0. The van der Waals surface area contributed by atoms with Gasteiger partial charge in [-0.2, -0.15) is 0 Å². The van der Waals surface area contributed by atoms with Crippen LogP contribution in [-0.4, -0.2) is 118 Å². The first-order valence-electron chi connectivity index (χ1n) is 16.1. The molecule has 0 amide bonds. The normalized spacial score (nSPS) is 16.3. The number of aryl methyl sites for hydroxylation is 3. The molecule has 0 bridgehead atoms. The topological polar surface area (TPSA) is 148 Å². The van der Waals surface area contributed by atoms with Crippen molar-refractivity contribution in [3.63, 3.8) is 0 Å². The molecule has 0 spiro atoms. The summed E-state index contributed by atoms with van der Waals surface area (Å²) in [4.78, 5) is 7.19. The van der Waals surface area contributed by atoms with E-state index in [1.807, 2.05) is 20.8 Å². The van der Waals surface area contributed by atoms with Crippen LogP contribution in [0.2, 0.25) is 0 Å². The van der Waals surface area contributed by atoms with Crippen LogP contribution >= 0.6 is 0 Å². The quantitative estimate of drug-likeness (QED) is 0.214. The van der Waals surface area contributed by atoms with Crippen molar-refractivity contribution < 1.29 is 25.3 Å². The van der Waals surface area contributed by atoms with Crippen LogP contribution in [0.1, 0.15) is 16.7 Å².